The third-order valence-corrected chi connectivity index (χ3v) is 3.44. The molecule has 0 heterocycles. The molecule has 0 saturated carbocycles. The van der Waals surface area contributed by atoms with Crippen LogP contribution < -0.4 is 10.5 Å². The smallest absolute Gasteiger partial charge is 0.341 e. The summed E-state index contributed by atoms with van der Waals surface area (Å²) in [6.45, 7) is 2.00. The van der Waals surface area contributed by atoms with E-state index in [0.717, 1.165) is 12.0 Å². The summed E-state index contributed by atoms with van der Waals surface area (Å²) in [5, 5.41) is 0.680. The molecule has 0 aliphatic carbocycles. The molecule has 21 heavy (non-hydrogen) atoms. The van der Waals surface area contributed by atoms with Gasteiger partial charge in [-0.2, -0.15) is 0 Å². The van der Waals surface area contributed by atoms with E-state index >= 15 is 0 Å². The minimum absolute atomic E-state index is 0.283. The van der Waals surface area contributed by atoms with Gasteiger partial charge in [0.05, 0.1) is 12.8 Å². The van der Waals surface area contributed by atoms with Crippen LogP contribution in [0, 0.1) is 0 Å². The number of para-hydroxylation sites is 1. The second kappa shape index (κ2) is 6.50. The topological polar surface area (TPSA) is 61.5 Å². The van der Waals surface area contributed by atoms with Crippen LogP contribution in [0.4, 0.5) is 5.69 Å². The molecule has 2 aromatic carbocycles. The summed E-state index contributed by atoms with van der Waals surface area (Å²) in [6.07, 6.45) is 0.782. The maximum atomic E-state index is 11.8. The molecule has 0 spiro atoms. The van der Waals surface area contributed by atoms with E-state index in [-0.39, 0.29) is 11.3 Å². The monoisotopic (exact) mass is 305 g/mol. The number of methoxy groups -OCH3 is 1. The van der Waals surface area contributed by atoms with Crippen molar-refractivity contribution in [3.8, 4) is 11.5 Å². The summed E-state index contributed by atoms with van der Waals surface area (Å²) < 4.78 is 10.5. The summed E-state index contributed by atoms with van der Waals surface area (Å²) in [4.78, 5) is 11.8. The van der Waals surface area contributed by atoms with Crippen LogP contribution >= 0.6 is 11.6 Å². The summed E-state index contributed by atoms with van der Waals surface area (Å²) >= 11 is 6.08. The molecular weight excluding hydrogens is 290 g/mol. The van der Waals surface area contributed by atoms with Crippen LogP contribution in [-0.4, -0.2) is 13.1 Å². The maximum Gasteiger partial charge on any atom is 0.341 e. The average molecular weight is 306 g/mol. The van der Waals surface area contributed by atoms with Crippen LogP contribution in [0.15, 0.2) is 36.4 Å². The van der Waals surface area contributed by atoms with Crippen molar-refractivity contribution in [2.45, 2.75) is 13.3 Å². The van der Waals surface area contributed by atoms with E-state index in [2.05, 4.69) is 0 Å². The van der Waals surface area contributed by atoms with Gasteiger partial charge in [-0.1, -0.05) is 24.6 Å². The summed E-state index contributed by atoms with van der Waals surface area (Å²) in [7, 11) is 1.31. The van der Waals surface area contributed by atoms with Crippen LogP contribution in [0.3, 0.4) is 0 Å². The zero-order valence-electron chi connectivity index (χ0n) is 11.9. The van der Waals surface area contributed by atoms with Crippen LogP contribution in [0.1, 0.15) is 22.8 Å². The fraction of sp³-hybridized carbons (Fsp3) is 0.188. The number of rotatable bonds is 4. The van der Waals surface area contributed by atoms with Gasteiger partial charge in [0.15, 0.2) is 5.75 Å². The number of nitrogens with two attached hydrogens (primary N) is 1. The predicted octanol–water partition coefficient (Wildman–Crippen LogP) is 4.06. The van der Waals surface area contributed by atoms with Crippen molar-refractivity contribution in [2.24, 2.45) is 0 Å². The zero-order valence-corrected chi connectivity index (χ0v) is 12.6. The molecular formula is C16H16ClNO3. The van der Waals surface area contributed by atoms with Gasteiger partial charge < -0.3 is 15.2 Å². The molecule has 0 fully saturated rings. The van der Waals surface area contributed by atoms with E-state index in [4.69, 9.17) is 26.8 Å². The van der Waals surface area contributed by atoms with Gasteiger partial charge >= 0.3 is 5.97 Å². The second-order valence-corrected chi connectivity index (χ2v) is 4.83. The second-order valence-electron chi connectivity index (χ2n) is 4.42. The highest BCUT2D eigenvalue weighted by Crippen LogP contribution is 2.33. The van der Waals surface area contributed by atoms with Crippen molar-refractivity contribution in [3.05, 3.63) is 52.5 Å². The van der Waals surface area contributed by atoms with Gasteiger partial charge in [-0.15, -0.1) is 0 Å². The number of aryl methyl sites for hydroxylation is 1. The molecule has 2 aromatic rings. The third kappa shape index (κ3) is 3.28. The molecule has 0 aliphatic rings. The highest BCUT2D eigenvalue weighted by atomic mass is 35.5. The summed E-state index contributed by atoms with van der Waals surface area (Å²) in [5.41, 5.74) is 7.51. The fourth-order valence-corrected chi connectivity index (χ4v) is 2.19. The van der Waals surface area contributed by atoms with Crippen molar-refractivity contribution in [2.75, 3.05) is 12.8 Å². The van der Waals surface area contributed by atoms with Gasteiger partial charge in [0.2, 0.25) is 0 Å². The molecule has 0 atom stereocenters. The maximum absolute atomic E-state index is 11.8. The number of ether oxygens (including phenoxy) is 2. The molecule has 2 rings (SSSR count). The SMILES string of the molecule is CCc1cc(Oc2c(N)cccc2C(=O)OC)ccc1Cl. The number of hydrogen-bond donors (Lipinski definition) is 1. The minimum Gasteiger partial charge on any atom is -0.465 e. The number of carbonyl (C=O) groups excluding carboxylic acids is 1. The molecule has 0 radical (unpaired) electrons. The molecule has 0 saturated heterocycles. The predicted molar refractivity (Wildman–Crippen MR) is 83.1 cm³/mol. The minimum atomic E-state index is -0.498. The Bertz CT molecular complexity index is 671. The van der Waals surface area contributed by atoms with Crippen molar-refractivity contribution < 1.29 is 14.3 Å². The Morgan fingerprint density at radius 2 is 2.05 bits per heavy atom. The Labute approximate surface area is 128 Å². The van der Waals surface area contributed by atoms with Crippen molar-refractivity contribution in [1.29, 1.82) is 0 Å². The lowest BCUT2D eigenvalue weighted by Crippen LogP contribution is -2.05. The van der Waals surface area contributed by atoms with Gasteiger partial charge in [0.1, 0.15) is 11.3 Å². The fourth-order valence-electron chi connectivity index (χ4n) is 1.94. The standard InChI is InChI=1S/C16H16ClNO3/c1-3-10-9-11(7-8-13(10)17)21-15-12(16(19)20-2)5-4-6-14(15)18/h4-9H,3,18H2,1-2H3. The molecule has 0 aromatic heterocycles. The third-order valence-electron chi connectivity index (χ3n) is 3.07. The van der Waals surface area contributed by atoms with E-state index in [1.807, 2.05) is 13.0 Å². The number of benzene rings is 2. The Kier molecular flexibility index (Phi) is 4.70. The number of hydrogen-bond acceptors (Lipinski definition) is 4. The lowest BCUT2D eigenvalue weighted by molar-refractivity contribution is 0.0598. The lowest BCUT2D eigenvalue weighted by Gasteiger charge is -2.13. The quantitative estimate of drug-likeness (QED) is 0.683. The van der Waals surface area contributed by atoms with Gasteiger partial charge in [-0.05, 0) is 42.3 Å². The Hall–Kier alpha value is -2.20. The molecule has 4 nitrogen and oxygen atoms in total. The molecule has 5 heteroatoms. The molecule has 0 aliphatic heterocycles. The molecule has 0 bridgehead atoms. The van der Waals surface area contributed by atoms with E-state index < -0.39 is 5.97 Å². The van der Waals surface area contributed by atoms with Crippen LogP contribution in [-0.2, 0) is 11.2 Å². The summed E-state index contributed by atoms with van der Waals surface area (Å²) in [6, 6.07) is 10.3. The number of halogens is 1. The zero-order chi connectivity index (χ0) is 15.4. The van der Waals surface area contributed by atoms with Crippen LogP contribution in [0.2, 0.25) is 5.02 Å². The largest absolute Gasteiger partial charge is 0.465 e. The average Bonchev–Trinajstić information content (AvgIpc) is 2.50. The van der Waals surface area contributed by atoms with Gasteiger partial charge in [0, 0.05) is 5.02 Å². The number of carbonyl (C=O) groups is 1. The molecule has 110 valence electrons. The van der Waals surface area contributed by atoms with Gasteiger partial charge in [-0.3, -0.25) is 0 Å². The Morgan fingerprint density at radius 3 is 2.71 bits per heavy atom. The van der Waals surface area contributed by atoms with Crippen molar-refractivity contribution in [1.82, 2.24) is 0 Å². The van der Waals surface area contributed by atoms with Crippen LogP contribution in [0.25, 0.3) is 0 Å². The molecule has 2 N–H and O–H groups in total. The Morgan fingerprint density at radius 1 is 1.29 bits per heavy atom. The highest BCUT2D eigenvalue weighted by Gasteiger charge is 2.16. The van der Waals surface area contributed by atoms with E-state index in [1.54, 1.807) is 30.3 Å². The highest BCUT2D eigenvalue weighted by molar-refractivity contribution is 6.31. The number of nitrogen functional groups attached to an aromatic ring is 1. The summed E-state index contributed by atoms with van der Waals surface area (Å²) in [5.74, 6) is 0.356. The van der Waals surface area contributed by atoms with Crippen molar-refractivity contribution in [3.63, 3.8) is 0 Å². The lowest BCUT2D eigenvalue weighted by atomic mass is 10.1. The first-order valence-corrected chi connectivity index (χ1v) is 6.87. The van der Waals surface area contributed by atoms with E-state index in [9.17, 15) is 4.79 Å². The first kappa shape index (κ1) is 15.2. The first-order valence-electron chi connectivity index (χ1n) is 6.50. The number of anilines is 1. The van der Waals surface area contributed by atoms with Gasteiger partial charge in [0.25, 0.3) is 0 Å². The van der Waals surface area contributed by atoms with E-state index in [0.29, 0.717) is 16.5 Å². The first-order chi connectivity index (χ1) is 10.1. The van der Waals surface area contributed by atoms with E-state index in [1.165, 1.54) is 7.11 Å². The molecule has 0 amide bonds. The Balaban J connectivity index is 2.41. The normalized spacial score (nSPS) is 10.2. The van der Waals surface area contributed by atoms with Crippen molar-refractivity contribution >= 4 is 23.3 Å². The molecule has 0 unspecified atom stereocenters. The van der Waals surface area contributed by atoms with Gasteiger partial charge in [-0.25, -0.2) is 4.79 Å². The number of esters is 1. The van der Waals surface area contributed by atoms with Crippen LogP contribution in [0.5, 0.6) is 11.5 Å².